The van der Waals surface area contributed by atoms with Gasteiger partial charge in [-0.15, -0.1) is 17.9 Å². The molecule has 2 heterocycles. The van der Waals surface area contributed by atoms with E-state index in [9.17, 15) is 29.4 Å². The molecule has 242 valence electrons. The first kappa shape index (κ1) is 32.7. The summed E-state index contributed by atoms with van der Waals surface area (Å²) in [6.45, 7) is 13.5. The molecule has 3 amide bonds. The largest absolute Gasteiger partial charge is 0.445 e. The van der Waals surface area contributed by atoms with Crippen LogP contribution < -0.4 is 11.1 Å². The predicted octanol–water partition coefficient (Wildman–Crippen LogP) is 3.01. The van der Waals surface area contributed by atoms with Crippen molar-refractivity contribution in [2.45, 2.75) is 90.4 Å². The Bertz CT molecular complexity index is 1330. The number of rotatable bonds is 6. The number of ketones is 1. The van der Waals surface area contributed by atoms with Crippen molar-refractivity contribution < 1.29 is 34.1 Å². The Kier molecular flexibility index (Phi) is 8.87. The maximum Gasteiger partial charge on any atom is 0.414 e. The number of hydrogen-bond donors (Lipinski definition) is 4. The fraction of sp³-hybridized carbons (Fsp3) is 0.719. The highest BCUT2D eigenvalue weighted by Crippen LogP contribution is 2.68. The Balaban J connectivity index is 1.35. The lowest BCUT2D eigenvalue weighted by atomic mass is 9.44. The van der Waals surface area contributed by atoms with Gasteiger partial charge in [-0.1, -0.05) is 33.8 Å². The van der Waals surface area contributed by atoms with E-state index in [0.29, 0.717) is 19.5 Å². The molecule has 4 aliphatic rings. The van der Waals surface area contributed by atoms with Gasteiger partial charge in [-0.05, 0) is 68.9 Å². The molecule has 1 aromatic rings. The van der Waals surface area contributed by atoms with Gasteiger partial charge in [0.15, 0.2) is 5.78 Å². The minimum Gasteiger partial charge on any atom is -0.445 e. The van der Waals surface area contributed by atoms with E-state index in [-0.39, 0.29) is 54.5 Å². The molecule has 2 bridgehead atoms. The van der Waals surface area contributed by atoms with Crippen molar-refractivity contribution in [3.8, 4) is 0 Å². The summed E-state index contributed by atoms with van der Waals surface area (Å²) in [6, 6.07) is 0. The van der Waals surface area contributed by atoms with E-state index in [4.69, 9.17) is 10.5 Å². The van der Waals surface area contributed by atoms with Crippen LogP contribution in [0.1, 0.15) is 87.6 Å². The Morgan fingerprint density at radius 2 is 1.89 bits per heavy atom. The molecule has 1 saturated heterocycles. The maximum atomic E-state index is 13.6. The third kappa shape index (κ3) is 5.41. The van der Waals surface area contributed by atoms with Gasteiger partial charge in [0.25, 0.3) is 5.91 Å². The van der Waals surface area contributed by atoms with Crippen LogP contribution in [0.5, 0.6) is 0 Å². The van der Waals surface area contributed by atoms with Crippen molar-refractivity contribution in [2.75, 3.05) is 19.6 Å². The molecule has 5 N–H and O–H groups in total. The van der Waals surface area contributed by atoms with E-state index >= 15 is 0 Å². The van der Waals surface area contributed by atoms with Crippen molar-refractivity contribution in [3.63, 3.8) is 0 Å². The Labute approximate surface area is 262 Å². The number of Topliss-reactive ketones (excluding diaryl/α,β-unsaturated/α-hetero) is 1. The molecule has 2 unspecified atom stereocenters. The Morgan fingerprint density at radius 1 is 1.20 bits per heavy atom. The second-order valence-electron chi connectivity index (χ2n) is 14.2. The molecule has 3 aliphatic carbocycles. The monoisotopic (exact) mass is 630 g/mol. The number of alkyl carbamates (subject to hydrolysis) is 1. The van der Waals surface area contributed by atoms with E-state index < -0.39 is 52.5 Å². The highest BCUT2D eigenvalue weighted by molar-refractivity contribution is 7.09. The van der Waals surface area contributed by atoms with Gasteiger partial charge >= 0.3 is 6.09 Å². The van der Waals surface area contributed by atoms with Gasteiger partial charge in [-0.3, -0.25) is 24.6 Å². The second kappa shape index (κ2) is 11.9. The van der Waals surface area contributed by atoms with Crippen LogP contribution in [0, 0.1) is 34.0 Å². The summed E-state index contributed by atoms with van der Waals surface area (Å²) in [5.74, 6) is -2.10. The number of aliphatic hydroxyl groups excluding tert-OH is 2. The summed E-state index contributed by atoms with van der Waals surface area (Å²) < 4.78 is 6.08. The molecule has 3 saturated carbocycles. The number of aromatic nitrogens is 1. The van der Waals surface area contributed by atoms with Crippen molar-refractivity contribution >= 4 is 35.0 Å². The molecule has 12 heteroatoms. The summed E-state index contributed by atoms with van der Waals surface area (Å²) in [6.07, 6.45) is 1.34. The van der Waals surface area contributed by atoms with Gasteiger partial charge in [-0.25, -0.2) is 9.78 Å². The van der Waals surface area contributed by atoms with Gasteiger partial charge in [0, 0.05) is 28.0 Å². The van der Waals surface area contributed by atoms with Gasteiger partial charge in [-0.2, -0.15) is 0 Å². The van der Waals surface area contributed by atoms with Crippen LogP contribution in [0.4, 0.5) is 4.79 Å². The number of nitrogens with zero attached hydrogens (tertiary/aromatic N) is 2. The molecule has 0 radical (unpaired) electrons. The average Bonchev–Trinajstić information content (AvgIpc) is 3.57. The van der Waals surface area contributed by atoms with Crippen LogP contribution in [-0.2, 0) is 14.3 Å². The van der Waals surface area contributed by atoms with Crippen molar-refractivity contribution in [1.82, 2.24) is 15.2 Å². The number of carbonyl (C=O) groups excluding carboxylic acids is 4. The number of thiazole rings is 1. The number of carbonyl (C=O) groups is 4. The molecule has 5 rings (SSSR count). The molecular weight excluding hydrogens is 584 g/mol. The van der Waals surface area contributed by atoms with Gasteiger partial charge in [0.2, 0.25) is 5.91 Å². The SMILES string of the molecule is C=C[C@]1(C)C[C@@H](OC(=O)NC(=O)c2csc(C3CCN(CC(N)=O)CC3)n2)[C@]2(C)C(C)CC[C@]3(C[C@H](O)C(=O)C32)[C@@H](C)[C@@H]1O. The number of piperidine rings is 1. The van der Waals surface area contributed by atoms with E-state index in [1.165, 1.54) is 11.3 Å². The molecule has 0 spiro atoms. The normalized spacial score (nSPS) is 39.5. The van der Waals surface area contributed by atoms with Crippen molar-refractivity contribution in [2.24, 2.45) is 39.7 Å². The van der Waals surface area contributed by atoms with Crippen LogP contribution in [0.15, 0.2) is 18.0 Å². The minimum atomic E-state index is -1.14. The smallest absolute Gasteiger partial charge is 0.414 e. The lowest BCUT2D eigenvalue weighted by Crippen LogP contribution is -2.63. The second-order valence-corrected chi connectivity index (χ2v) is 15.1. The van der Waals surface area contributed by atoms with E-state index in [1.54, 1.807) is 11.5 Å². The molecule has 11 nitrogen and oxygen atoms in total. The van der Waals surface area contributed by atoms with Crippen LogP contribution in [0.3, 0.4) is 0 Å². The first-order chi connectivity index (χ1) is 20.7. The Hall–Kier alpha value is -2.67. The Morgan fingerprint density at radius 3 is 2.52 bits per heavy atom. The fourth-order valence-corrected chi connectivity index (χ4v) is 9.91. The maximum absolute atomic E-state index is 13.6. The summed E-state index contributed by atoms with van der Waals surface area (Å²) >= 11 is 1.36. The van der Waals surface area contributed by atoms with Gasteiger partial charge in [0.1, 0.15) is 17.9 Å². The molecule has 44 heavy (non-hydrogen) atoms. The number of imide groups is 1. The van der Waals surface area contributed by atoms with Crippen LogP contribution in [0.2, 0.25) is 0 Å². The zero-order valence-corrected chi connectivity index (χ0v) is 26.9. The summed E-state index contributed by atoms with van der Waals surface area (Å²) in [4.78, 5) is 57.9. The van der Waals surface area contributed by atoms with Crippen LogP contribution >= 0.6 is 11.3 Å². The average molecular weight is 631 g/mol. The third-order valence-corrected chi connectivity index (χ3v) is 12.9. The lowest BCUT2D eigenvalue weighted by molar-refractivity contribution is -0.191. The fourth-order valence-electron chi connectivity index (χ4n) is 8.94. The molecule has 9 atom stereocenters. The highest BCUT2D eigenvalue weighted by atomic mass is 32.1. The predicted molar refractivity (Wildman–Crippen MR) is 164 cm³/mol. The zero-order valence-electron chi connectivity index (χ0n) is 26.1. The number of aliphatic hydroxyl groups is 2. The first-order valence-electron chi connectivity index (χ1n) is 15.7. The number of likely N-dealkylation sites (tertiary alicyclic amines) is 1. The first-order valence-corrected chi connectivity index (χ1v) is 16.6. The summed E-state index contributed by atoms with van der Waals surface area (Å²) in [7, 11) is 0. The van der Waals surface area contributed by atoms with Crippen LogP contribution in [-0.4, -0.2) is 81.7 Å². The third-order valence-electron chi connectivity index (χ3n) is 11.9. The van der Waals surface area contributed by atoms with Crippen molar-refractivity contribution in [3.05, 3.63) is 28.7 Å². The van der Waals surface area contributed by atoms with E-state index in [0.717, 1.165) is 24.3 Å². The highest BCUT2D eigenvalue weighted by Gasteiger charge is 2.70. The van der Waals surface area contributed by atoms with Gasteiger partial charge < -0.3 is 20.7 Å². The zero-order chi connectivity index (χ0) is 32.2. The van der Waals surface area contributed by atoms with Crippen molar-refractivity contribution in [1.29, 1.82) is 0 Å². The topological polar surface area (TPSA) is 172 Å². The quantitative estimate of drug-likeness (QED) is 0.345. The number of nitrogens with two attached hydrogens (primary N) is 1. The minimum absolute atomic E-state index is 0.0321. The molecular formula is C32H46N4O7S. The lowest BCUT2D eigenvalue weighted by Gasteiger charge is -2.61. The number of ether oxygens (including phenoxy) is 1. The summed E-state index contributed by atoms with van der Waals surface area (Å²) in [5.41, 5.74) is 3.08. The number of hydrogen-bond acceptors (Lipinski definition) is 10. The van der Waals surface area contributed by atoms with Gasteiger partial charge in [0.05, 0.1) is 17.7 Å². The van der Waals surface area contributed by atoms with E-state index in [2.05, 4.69) is 16.9 Å². The summed E-state index contributed by atoms with van der Waals surface area (Å²) in [5, 5.41) is 27.3. The number of primary amides is 1. The van der Waals surface area contributed by atoms with Crippen LogP contribution in [0.25, 0.3) is 0 Å². The number of amides is 3. The molecule has 4 fully saturated rings. The standard InChI is InChI=1S/C32H46N4O7S/c1-6-30(4)14-22(31(5)17(2)7-10-32(18(3)26(30)40)13-21(37)24(39)25(31)32)43-29(42)35-27(41)20-16-44-28(34-20)19-8-11-36(12-9-19)15-23(33)38/h6,16-19,21-22,25-26,37,40H,1,7-15H2,2-5H3,(H2,33,38)(H,35,41,42)/t17?,18-,21-,22+,25?,26-,30+,31-,32-/m0/s1. The molecule has 1 aromatic heterocycles. The number of nitrogens with one attached hydrogen (secondary N) is 1. The molecule has 1 aliphatic heterocycles. The van der Waals surface area contributed by atoms with E-state index in [1.807, 2.05) is 32.6 Å². The molecule has 0 aromatic carbocycles.